The highest BCUT2D eigenvalue weighted by atomic mass is 16.5. The number of hydrogen-bond acceptors (Lipinski definition) is 7. The number of nitrogens with zero attached hydrogens (tertiary/aromatic N) is 3. The van der Waals surface area contributed by atoms with E-state index in [1.54, 1.807) is 53.3 Å². The second-order valence-electron chi connectivity index (χ2n) is 11.1. The molecule has 51 heavy (non-hydrogen) atoms. The van der Waals surface area contributed by atoms with Gasteiger partial charge in [-0.2, -0.15) is 10.2 Å². The van der Waals surface area contributed by atoms with Gasteiger partial charge in [-0.3, -0.25) is 14.4 Å². The number of carbonyl (C=O) groups is 3. The van der Waals surface area contributed by atoms with Crippen LogP contribution in [0.25, 0.3) is 16.9 Å². The van der Waals surface area contributed by atoms with Crippen molar-refractivity contribution in [2.24, 2.45) is 5.10 Å². The van der Waals surface area contributed by atoms with Crippen molar-refractivity contribution >= 4 is 35.3 Å². The standard InChI is InChI=1S/C40H34N6O5/c1-2-50-33-23-19-31(20-24-33)42-38(47)35-15-9-10-16-36(35)43-39(48)40(49)44-41-25-30-26-46(32-13-7-4-8-14-32)45-37(30)29-17-21-34(22-18-29)51-27-28-11-5-3-6-12-28/h3-26H,2,27H2,1H3,(H,42,47)(H,43,48)(H,44,49). The van der Waals surface area contributed by atoms with E-state index in [4.69, 9.17) is 14.6 Å². The van der Waals surface area contributed by atoms with Gasteiger partial charge >= 0.3 is 11.8 Å². The number of nitrogens with one attached hydrogen (secondary N) is 3. The molecule has 1 heterocycles. The van der Waals surface area contributed by atoms with Gasteiger partial charge in [0.1, 0.15) is 23.8 Å². The molecule has 1 aromatic heterocycles. The Kier molecular flexibility index (Phi) is 10.9. The second kappa shape index (κ2) is 16.4. The molecule has 0 aliphatic rings. The number of amides is 3. The molecule has 0 saturated carbocycles. The fourth-order valence-corrected chi connectivity index (χ4v) is 5.05. The minimum Gasteiger partial charge on any atom is -0.494 e. The van der Waals surface area contributed by atoms with Gasteiger partial charge < -0.3 is 20.1 Å². The molecule has 11 heteroatoms. The number of hydrogen-bond donors (Lipinski definition) is 3. The van der Waals surface area contributed by atoms with E-state index in [0.717, 1.165) is 16.8 Å². The summed E-state index contributed by atoms with van der Waals surface area (Å²) in [5.41, 5.74) is 7.02. The SMILES string of the molecule is CCOc1ccc(NC(=O)c2ccccc2NC(=O)C(=O)NN=Cc2cn(-c3ccccc3)nc2-c2ccc(OCc3ccccc3)cc2)cc1. The molecule has 3 N–H and O–H groups in total. The number of benzene rings is 5. The summed E-state index contributed by atoms with van der Waals surface area (Å²) in [4.78, 5) is 38.7. The third-order valence-corrected chi connectivity index (χ3v) is 7.56. The lowest BCUT2D eigenvalue weighted by atomic mass is 10.1. The van der Waals surface area contributed by atoms with Gasteiger partial charge in [0, 0.05) is 23.0 Å². The summed E-state index contributed by atoms with van der Waals surface area (Å²) in [6, 6.07) is 40.3. The van der Waals surface area contributed by atoms with Crippen LogP contribution in [0.4, 0.5) is 11.4 Å². The van der Waals surface area contributed by atoms with Crippen LogP contribution in [-0.4, -0.2) is 40.3 Å². The Morgan fingerprint density at radius 2 is 1.37 bits per heavy atom. The highest BCUT2D eigenvalue weighted by Gasteiger charge is 2.18. The second-order valence-corrected chi connectivity index (χ2v) is 11.1. The number of rotatable bonds is 12. The van der Waals surface area contributed by atoms with E-state index in [9.17, 15) is 14.4 Å². The Hall–Kier alpha value is -7.01. The van der Waals surface area contributed by atoms with Crippen molar-refractivity contribution in [2.75, 3.05) is 17.2 Å². The molecule has 254 valence electrons. The van der Waals surface area contributed by atoms with Gasteiger partial charge in [0.25, 0.3) is 5.91 Å². The molecule has 5 aromatic carbocycles. The molecule has 6 aromatic rings. The molecule has 0 fully saturated rings. The Balaban J connectivity index is 1.13. The monoisotopic (exact) mass is 678 g/mol. The maximum Gasteiger partial charge on any atom is 0.329 e. The molecule has 3 amide bonds. The van der Waals surface area contributed by atoms with Crippen LogP contribution in [0.2, 0.25) is 0 Å². The van der Waals surface area contributed by atoms with Gasteiger partial charge in [-0.15, -0.1) is 0 Å². The van der Waals surface area contributed by atoms with Crippen molar-refractivity contribution in [1.29, 1.82) is 0 Å². The van der Waals surface area contributed by atoms with Gasteiger partial charge in [-0.25, -0.2) is 10.1 Å². The van der Waals surface area contributed by atoms with E-state index in [0.29, 0.717) is 41.7 Å². The quantitative estimate of drug-likeness (QED) is 0.0736. The van der Waals surface area contributed by atoms with E-state index in [-0.39, 0.29) is 11.3 Å². The van der Waals surface area contributed by atoms with Gasteiger partial charge in [0.15, 0.2) is 0 Å². The topological polar surface area (TPSA) is 136 Å². The zero-order valence-corrected chi connectivity index (χ0v) is 27.7. The first-order valence-electron chi connectivity index (χ1n) is 16.2. The predicted octanol–water partition coefficient (Wildman–Crippen LogP) is 6.86. The van der Waals surface area contributed by atoms with Crippen molar-refractivity contribution in [3.05, 3.63) is 156 Å². The summed E-state index contributed by atoms with van der Waals surface area (Å²) < 4.78 is 13.1. The summed E-state index contributed by atoms with van der Waals surface area (Å²) >= 11 is 0. The van der Waals surface area contributed by atoms with Gasteiger partial charge in [-0.05, 0) is 85.3 Å². The van der Waals surface area contributed by atoms with Crippen LogP contribution in [0.3, 0.4) is 0 Å². The van der Waals surface area contributed by atoms with E-state index in [1.165, 1.54) is 12.3 Å². The van der Waals surface area contributed by atoms with E-state index in [1.807, 2.05) is 91.9 Å². The maximum atomic E-state index is 13.1. The molecule has 11 nitrogen and oxygen atoms in total. The molecular formula is C40H34N6O5. The first-order chi connectivity index (χ1) is 25.0. The molecule has 0 aliphatic carbocycles. The van der Waals surface area contributed by atoms with Crippen LogP contribution >= 0.6 is 0 Å². The zero-order valence-electron chi connectivity index (χ0n) is 27.7. The Bertz CT molecular complexity index is 2130. The Labute approximate surface area is 294 Å². The summed E-state index contributed by atoms with van der Waals surface area (Å²) in [5, 5.41) is 14.1. The highest BCUT2D eigenvalue weighted by molar-refractivity contribution is 6.40. The fraction of sp³-hybridized carbons (Fsp3) is 0.0750. The summed E-state index contributed by atoms with van der Waals surface area (Å²) in [6.07, 6.45) is 3.20. The van der Waals surface area contributed by atoms with Crippen LogP contribution in [0.5, 0.6) is 11.5 Å². The lowest BCUT2D eigenvalue weighted by Gasteiger charge is -2.11. The van der Waals surface area contributed by atoms with Crippen LogP contribution < -0.4 is 25.5 Å². The van der Waals surface area contributed by atoms with Crippen LogP contribution in [-0.2, 0) is 16.2 Å². The molecule has 0 saturated heterocycles. The maximum absolute atomic E-state index is 13.1. The molecule has 0 unspecified atom stereocenters. The number of ether oxygens (including phenoxy) is 2. The van der Waals surface area contributed by atoms with E-state index in [2.05, 4.69) is 21.2 Å². The zero-order chi connectivity index (χ0) is 35.4. The van der Waals surface area contributed by atoms with Crippen molar-refractivity contribution in [3.63, 3.8) is 0 Å². The van der Waals surface area contributed by atoms with Crippen molar-refractivity contribution in [1.82, 2.24) is 15.2 Å². The largest absolute Gasteiger partial charge is 0.494 e. The van der Waals surface area contributed by atoms with Crippen molar-refractivity contribution < 1.29 is 23.9 Å². The minimum absolute atomic E-state index is 0.160. The average molecular weight is 679 g/mol. The van der Waals surface area contributed by atoms with E-state index >= 15 is 0 Å². The minimum atomic E-state index is -1.02. The third-order valence-electron chi connectivity index (χ3n) is 7.56. The van der Waals surface area contributed by atoms with Crippen LogP contribution in [0.15, 0.2) is 145 Å². The number of carbonyl (C=O) groups excluding carboxylic acids is 3. The third kappa shape index (κ3) is 8.92. The summed E-state index contributed by atoms with van der Waals surface area (Å²) in [5.74, 6) is -1.11. The molecule has 0 aliphatic heterocycles. The van der Waals surface area contributed by atoms with E-state index < -0.39 is 17.7 Å². The smallest absolute Gasteiger partial charge is 0.329 e. The van der Waals surface area contributed by atoms with Crippen molar-refractivity contribution in [3.8, 4) is 28.4 Å². The lowest BCUT2D eigenvalue weighted by Crippen LogP contribution is -2.33. The van der Waals surface area contributed by atoms with Gasteiger partial charge in [0.05, 0.1) is 29.8 Å². The number of hydrazone groups is 1. The first-order valence-corrected chi connectivity index (χ1v) is 16.2. The summed E-state index contributed by atoms with van der Waals surface area (Å²) in [6.45, 7) is 2.85. The number of anilines is 2. The molecule has 0 bridgehead atoms. The number of para-hydroxylation sites is 2. The predicted molar refractivity (Wildman–Crippen MR) is 196 cm³/mol. The first kappa shape index (κ1) is 33.9. The molecular weight excluding hydrogens is 644 g/mol. The molecule has 0 radical (unpaired) electrons. The fourth-order valence-electron chi connectivity index (χ4n) is 5.05. The van der Waals surface area contributed by atoms with Crippen molar-refractivity contribution in [2.45, 2.75) is 13.5 Å². The van der Waals surface area contributed by atoms with Crippen LogP contribution in [0.1, 0.15) is 28.4 Å². The normalized spacial score (nSPS) is 10.8. The Morgan fingerprint density at radius 1 is 0.725 bits per heavy atom. The summed E-state index contributed by atoms with van der Waals surface area (Å²) in [7, 11) is 0. The van der Waals surface area contributed by atoms with Crippen LogP contribution in [0, 0.1) is 0 Å². The van der Waals surface area contributed by atoms with Gasteiger partial charge in [0.2, 0.25) is 0 Å². The lowest BCUT2D eigenvalue weighted by molar-refractivity contribution is -0.136. The Morgan fingerprint density at radius 3 is 2.10 bits per heavy atom. The average Bonchev–Trinajstić information content (AvgIpc) is 3.60. The highest BCUT2D eigenvalue weighted by Crippen LogP contribution is 2.26. The molecule has 6 rings (SSSR count). The molecule has 0 spiro atoms. The number of aromatic nitrogens is 2. The molecule has 0 atom stereocenters. The van der Waals surface area contributed by atoms with Gasteiger partial charge in [-0.1, -0.05) is 60.7 Å².